The van der Waals surface area contributed by atoms with E-state index in [0.29, 0.717) is 0 Å². The van der Waals surface area contributed by atoms with E-state index in [0.717, 1.165) is 5.92 Å². The molecular weight excluding hydrogens is 331 g/mol. The zero-order valence-corrected chi connectivity index (χ0v) is 14.8. The van der Waals surface area contributed by atoms with Crippen molar-refractivity contribution in [2.75, 3.05) is 4.43 Å². The van der Waals surface area contributed by atoms with Gasteiger partial charge in [0.15, 0.2) is 0 Å². The molecule has 0 saturated carbocycles. The van der Waals surface area contributed by atoms with Gasteiger partial charge in [0.05, 0.1) is 0 Å². The van der Waals surface area contributed by atoms with Gasteiger partial charge in [0, 0.05) is 0 Å². The molecule has 108 valence electrons. The van der Waals surface area contributed by atoms with Gasteiger partial charge in [0.2, 0.25) is 0 Å². The van der Waals surface area contributed by atoms with Gasteiger partial charge in [-0.2, -0.15) is 0 Å². The molecule has 0 radical (unpaired) electrons. The molecule has 0 unspecified atom stereocenters. The van der Waals surface area contributed by atoms with Crippen LogP contribution in [-0.4, -0.2) is 4.43 Å². The zero-order valence-electron chi connectivity index (χ0n) is 12.6. The summed E-state index contributed by atoms with van der Waals surface area (Å²) in [5, 5.41) is 0. The number of unbranched alkanes of at least 4 members (excludes halogenated alkanes) is 6. The summed E-state index contributed by atoms with van der Waals surface area (Å²) in [6.45, 7) is 11.9. The number of hydrogen-bond acceptors (Lipinski definition) is 0. The molecule has 0 nitrogen and oxygen atoms in total. The van der Waals surface area contributed by atoms with Crippen LogP contribution >= 0.6 is 22.6 Å². The lowest BCUT2D eigenvalue weighted by atomic mass is 10.0. The average molecular weight is 364 g/mol. The molecule has 0 heterocycles. The van der Waals surface area contributed by atoms with Gasteiger partial charge < -0.3 is 0 Å². The molecule has 1 heteroatoms. The molecule has 0 spiro atoms. The minimum absolute atomic E-state index is 0.878. The molecule has 0 rings (SSSR count). The molecule has 0 aliphatic carbocycles. The van der Waals surface area contributed by atoms with Crippen molar-refractivity contribution in [1.29, 1.82) is 0 Å². The Labute approximate surface area is 129 Å². The number of halogens is 1. The molecule has 0 aromatic carbocycles. The summed E-state index contributed by atoms with van der Waals surface area (Å²) in [5.41, 5.74) is 0. The Morgan fingerprint density at radius 1 is 0.833 bits per heavy atom. The lowest BCUT2D eigenvalue weighted by molar-refractivity contribution is 0.529. The topological polar surface area (TPSA) is 0 Å². The molecule has 0 aromatic rings. The Hall–Kier alpha value is 0.210. The summed E-state index contributed by atoms with van der Waals surface area (Å²) in [4.78, 5) is 0. The van der Waals surface area contributed by atoms with Crippen LogP contribution in [-0.2, 0) is 0 Å². The van der Waals surface area contributed by atoms with Crippen molar-refractivity contribution in [3.63, 3.8) is 0 Å². The second kappa shape index (κ2) is 19.5. The average Bonchev–Trinajstić information content (AvgIpc) is 2.35. The first-order valence-corrected chi connectivity index (χ1v) is 8.99. The minimum Gasteiger partial charge on any atom is -0.103 e. The lowest BCUT2D eigenvalue weighted by Crippen LogP contribution is -1.86. The summed E-state index contributed by atoms with van der Waals surface area (Å²) in [6, 6.07) is 0. The van der Waals surface area contributed by atoms with Gasteiger partial charge in [-0.05, 0) is 42.4 Å². The first-order chi connectivity index (χ1) is 8.68. The molecule has 0 N–H and O–H groups in total. The van der Waals surface area contributed by atoms with E-state index in [1.165, 1.54) is 62.2 Å². The van der Waals surface area contributed by atoms with E-state index in [2.05, 4.69) is 49.6 Å². The maximum Gasteiger partial charge on any atom is -0.000473 e. The van der Waals surface area contributed by atoms with Crippen molar-refractivity contribution >= 4 is 22.6 Å². The maximum absolute atomic E-state index is 3.69. The highest BCUT2D eigenvalue weighted by atomic mass is 127. The van der Waals surface area contributed by atoms with Crippen molar-refractivity contribution in [3.05, 3.63) is 25.3 Å². The second-order valence-electron chi connectivity index (χ2n) is 5.15. The third-order valence-electron chi connectivity index (χ3n) is 2.73. The second-order valence-corrected chi connectivity index (χ2v) is 6.23. The summed E-state index contributed by atoms with van der Waals surface area (Å²) < 4.78 is 1.30. The minimum atomic E-state index is 0.878. The molecule has 0 aliphatic heterocycles. The molecule has 0 aliphatic rings. The van der Waals surface area contributed by atoms with Crippen LogP contribution in [0.3, 0.4) is 0 Å². The number of alkyl halides is 1. The largest absolute Gasteiger partial charge is 0.103 e. The van der Waals surface area contributed by atoms with Crippen LogP contribution in [0.1, 0.15) is 71.6 Å². The highest BCUT2D eigenvalue weighted by molar-refractivity contribution is 14.1. The van der Waals surface area contributed by atoms with Crippen LogP contribution in [0.2, 0.25) is 0 Å². The first-order valence-electron chi connectivity index (χ1n) is 7.46. The van der Waals surface area contributed by atoms with Crippen molar-refractivity contribution in [1.82, 2.24) is 0 Å². The van der Waals surface area contributed by atoms with Gasteiger partial charge >= 0.3 is 0 Å². The SMILES string of the molecule is C=CCCCCCC(C)C.C=CCCCCCI. The highest BCUT2D eigenvalue weighted by Gasteiger charge is 1.92. The summed E-state index contributed by atoms with van der Waals surface area (Å²) in [6.07, 6.45) is 15.9. The van der Waals surface area contributed by atoms with Crippen molar-refractivity contribution in [2.45, 2.75) is 71.6 Å². The van der Waals surface area contributed by atoms with Crippen LogP contribution in [0.4, 0.5) is 0 Å². The molecule has 0 atom stereocenters. The Bertz CT molecular complexity index is 161. The van der Waals surface area contributed by atoms with E-state index in [-0.39, 0.29) is 0 Å². The normalized spacial score (nSPS) is 9.78. The van der Waals surface area contributed by atoms with Gasteiger partial charge in [-0.15, -0.1) is 13.2 Å². The number of allylic oxidation sites excluding steroid dienone is 2. The maximum atomic E-state index is 3.69. The molecule has 18 heavy (non-hydrogen) atoms. The Morgan fingerprint density at radius 3 is 1.72 bits per heavy atom. The molecule has 0 amide bonds. The zero-order chi connectivity index (χ0) is 14.1. The molecule has 0 bridgehead atoms. The third-order valence-corrected chi connectivity index (χ3v) is 3.49. The van der Waals surface area contributed by atoms with Gasteiger partial charge in [0.25, 0.3) is 0 Å². The van der Waals surface area contributed by atoms with Crippen LogP contribution in [0.25, 0.3) is 0 Å². The first kappa shape index (κ1) is 20.5. The van der Waals surface area contributed by atoms with Gasteiger partial charge in [0.1, 0.15) is 0 Å². The fourth-order valence-electron chi connectivity index (χ4n) is 1.58. The van der Waals surface area contributed by atoms with Gasteiger partial charge in [-0.1, -0.05) is 74.3 Å². The predicted molar refractivity (Wildman–Crippen MR) is 95.7 cm³/mol. The summed E-state index contributed by atoms with van der Waals surface area (Å²) >= 11 is 2.41. The van der Waals surface area contributed by atoms with Gasteiger partial charge in [-0.3, -0.25) is 0 Å². The van der Waals surface area contributed by atoms with Crippen molar-refractivity contribution in [2.24, 2.45) is 5.92 Å². The molecular formula is C17H33I. The molecule has 0 saturated heterocycles. The lowest BCUT2D eigenvalue weighted by Gasteiger charge is -2.02. The van der Waals surface area contributed by atoms with Gasteiger partial charge in [-0.25, -0.2) is 0 Å². The summed E-state index contributed by atoms with van der Waals surface area (Å²) in [7, 11) is 0. The van der Waals surface area contributed by atoms with E-state index < -0.39 is 0 Å². The predicted octanol–water partition coefficient (Wildman–Crippen LogP) is 6.95. The Morgan fingerprint density at radius 2 is 1.33 bits per heavy atom. The molecule has 0 fully saturated rings. The van der Waals surface area contributed by atoms with Crippen molar-refractivity contribution < 1.29 is 0 Å². The quantitative estimate of drug-likeness (QED) is 0.161. The van der Waals surface area contributed by atoms with E-state index in [4.69, 9.17) is 0 Å². The van der Waals surface area contributed by atoms with E-state index >= 15 is 0 Å². The fourth-order valence-corrected chi connectivity index (χ4v) is 2.12. The smallest absolute Gasteiger partial charge is 0.000473 e. The highest BCUT2D eigenvalue weighted by Crippen LogP contribution is 2.09. The molecule has 0 aromatic heterocycles. The Kier molecular flexibility index (Phi) is 22.3. The van der Waals surface area contributed by atoms with Crippen molar-refractivity contribution in [3.8, 4) is 0 Å². The number of hydrogen-bond donors (Lipinski definition) is 0. The van der Waals surface area contributed by atoms with E-state index in [1.807, 2.05) is 12.2 Å². The third kappa shape index (κ3) is 25.2. The monoisotopic (exact) mass is 364 g/mol. The van der Waals surface area contributed by atoms with Crippen LogP contribution < -0.4 is 0 Å². The van der Waals surface area contributed by atoms with Crippen LogP contribution in [0.5, 0.6) is 0 Å². The summed E-state index contributed by atoms with van der Waals surface area (Å²) in [5.74, 6) is 0.878. The van der Waals surface area contributed by atoms with Crippen LogP contribution in [0, 0.1) is 5.92 Å². The van der Waals surface area contributed by atoms with E-state index in [9.17, 15) is 0 Å². The number of rotatable bonds is 11. The standard InChI is InChI=1S/C10H20.C7H13I/c1-4-5-6-7-8-9-10(2)3;1-2-3-4-5-6-7-8/h4,10H,1,5-9H2,2-3H3;2H,1,3-7H2. The Balaban J connectivity index is 0. The van der Waals surface area contributed by atoms with E-state index in [1.54, 1.807) is 0 Å². The fraction of sp³-hybridized carbons (Fsp3) is 0.765. The van der Waals surface area contributed by atoms with Crippen LogP contribution in [0.15, 0.2) is 25.3 Å².